The highest BCUT2D eigenvalue weighted by molar-refractivity contribution is 7.91. The molecule has 1 aromatic rings. The molecule has 0 radical (unpaired) electrons. The van der Waals surface area contributed by atoms with Gasteiger partial charge in [-0.05, 0) is 26.2 Å². The van der Waals surface area contributed by atoms with E-state index >= 15 is 0 Å². The van der Waals surface area contributed by atoms with Crippen molar-refractivity contribution in [1.29, 1.82) is 0 Å². The maximum atomic E-state index is 12.3. The van der Waals surface area contributed by atoms with Crippen LogP contribution < -0.4 is 15.3 Å². The fourth-order valence-corrected chi connectivity index (χ4v) is 4.82. The van der Waals surface area contributed by atoms with E-state index in [9.17, 15) is 13.2 Å². The van der Waals surface area contributed by atoms with Crippen LogP contribution in [0.25, 0.3) is 0 Å². The van der Waals surface area contributed by atoms with E-state index in [0.29, 0.717) is 29.4 Å². The molecule has 1 aromatic heterocycles. The second-order valence-electron chi connectivity index (χ2n) is 5.40. The normalized spacial score (nSPS) is 15.7. The molecule has 0 saturated heterocycles. The number of H-pyrrole nitrogens is 1. The quantitative estimate of drug-likeness (QED) is 0.722. The highest BCUT2D eigenvalue weighted by Gasteiger charge is 2.32. The van der Waals surface area contributed by atoms with E-state index in [1.165, 1.54) is 0 Å². The molecule has 4 N–H and O–H groups in total. The number of rotatable bonds is 6. The van der Waals surface area contributed by atoms with Gasteiger partial charge < -0.3 is 10.7 Å². The first-order chi connectivity index (χ1) is 8.59. The van der Waals surface area contributed by atoms with Gasteiger partial charge in [-0.1, -0.05) is 25.2 Å². The van der Waals surface area contributed by atoms with Gasteiger partial charge in [-0.3, -0.25) is 4.79 Å². The van der Waals surface area contributed by atoms with Crippen LogP contribution in [-0.4, -0.2) is 25.5 Å². The summed E-state index contributed by atoms with van der Waals surface area (Å²) in [4.78, 5) is 13.3. The van der Waals surface area contributed by atoms with Gasteiger partial charge in [0, 0.05) is 17.8 Å². The van der Waals surface area contributed by atoms with Crippen LogP contribution >= 0.6 is 11.3 Å². The van der Waals surface area contributed by atoms with Crippen molar-refractivity contribution in [2.45, 2.75) is 43.9 Å². The van der Waals surface area contributed by atoms with E-state index in [4.69, 9.17) is 5.73 Å². The third-order valence-corrected chi connectivity index (χ3v) is 5.96. The standard InChI is InChI=1S/C11H21N3O3S2/c1-7(2)5-11(4,6-12)14-19(16,17)9-8(3)13-10(15)18-9/h7,14H,5-6,12H2,1-4H3,(H,13,15). The number of nitrogens with two attached hydrogens (primary N) is 1. The number of aryl methyl sites for hydroxylation is 1. The summed E-state index contributed by atoms with van der Waals surface area (Å²) in [6.45, 7) is 7.54. The summed E-state index contributed by atoms with van der Waals surface area (Å²) in [5.74, 6) is 0.308. The largest absolute Gasteiger partial charge is 0.329 e. The van der Waals surface area contributed by atoms with E-state index in [1.807, 2.05) is 13.8 Å². The summed E-state index contributed by atoms with van der Waals surface area (Å²) >= 11 is 0.689. The molecule has 0 bridgehead atoms. The first kappa shape index (κ1) is 16.4. The summed E-state index contributed by atoms with van der Waals surface area (Å²) in [5, 5.41) is 0. The van der Waals surface area contributed by atoms with Crippen molar-refractivity contribution in [3.8, 4) is 0 Å². The molecule has 0 amide bonds. The van der Waals surface area contributed by atoms with E-state index in [1.54, 1.807) is 13.8 Å². The zero-order valence-electron chi connectivity index (χ0n) is 11.6. The minimum absolute atomic E-state index is 0.0286. The number of nitrogens with one attached hydrogen (secondary N) is 2. The zero-order valence-corrected chi connectivity index (χ0v) is 13.2. The van der Waals surface area contributed by atoms with Crippen molar-refractivity contribution in [1.82, 2.24) is 9.71 Å². The van der Waals surface area contributed by atoms with Gasteiger partial charge >= 0.3 is 4.87 Å². The summed E-state index contributed by atoms with van der Waals surface area (Å²) in [5.41, 5.74) is 5.33. The van der Waals surface area contributed by atoms with Crippen LogP contribution in [0.15, 0.2) is 9.00 Å². The maximum Gasteiger partial charge on any atom is 0.305 e. The van der Waals surface area contributed by atoms with Gasteiger partial charge in [-0.25, -0.2) is 13.1 Å². The van der Waals surface area contributed by atoms with Gasteiger partial charge in [0.2, 0.25) is 0 Å². The number of aromatic nitrogens is 1. The fraction of sp³-hybridized carbons (Fsp3) is 0.727. The molecule has 1 heterocycles. The molecule has 6 nitrogen and oxygen atoms in total. The van der Waals surface area contributed by atoms with Crippen molar-refractivity contribution in [3.05, 3.63) is 15.4 Å². The lowest BCUT2D eigenvalue weighted by Crippen LogP contribution is -2.51. The zero-order chi connectivity index (χ0) is 14.8. The van der Waals surface area contributed by atoms with Crippen LogP contribution in [0.1, 0.15) is 32.9 Å². The van der Waals surface area contributed by atoms with Crippen molar-refractivity contribution in [2.24, 2.45) is 11.7 Å². The van der Waals surface area contributed by atoms with E-state index in [2.05, 4.69) is 9.71 Å². The average molecular weight is 307 g/mol. The van der Waals surface area contributed by atoms with Crippen LogP contribution in [0.3, 0.4) is 0 Å². The SMILES string of the molecule is Cc1[nH]c(=O)sc1S(=O)(=O)NC(C)(CN)CC(C)C. The number of aromatic amines is 1. The predicted molar refractivity (Wildman–Crippen MR) is 76.9 cm³/mol. The highest BCUT2D eigenvalue weighted by atomic mass is 32.2. The van der Waals surface area contributed by atoms with Crippen LogP contribution in [-0.2, 0) is 10.0 Å². The van der Waals surface area contributed by atoms with Crippen molar-refractivity contribution in [3.63, 3.8) is 0 Å². The molecule has 8 heteroatoms. The molecule has 110 valence electrons. The van der Waals surface area contributed by atoms with Gasteiger partial charge in [-0.15, -0.1) is 0 Å². The second-order valence-corrected chi connectivity index (χ2v) is 8.26. The van der Waals surface area contributed by atoms with E-state index in [-0.39, 0.29) is 15.6 Å². The molecule has 0 aliphatic heterocycles. The Hall–Kier alpha value is -0.700. The third kappa shape index (κ3) is 4.13. The summed E-state index contributed by atoms with van der Waals surface area (Å²) in [7, 11) is -3.73. The first-order valence-electron chi connectivity index (χ1n) is 6.03. The van der Waals surface area contributed by atoms with Crippen LogP contribution in [0.5, 0.6) is 0 Å². The van der Waals surface area contributed by atoms with Gasteiger partial charge in [0.05, 0.1) is 0 Å². The van der Waals surface area contributed by atoms with Gasteiger partial charge in [0.15, 0.2) is 4.21 Å². The highest BCUT2D eigenvalue weighted by Crippen LogP contribution is 2.22. The monoisotopic (exact) mass is 307 g/mol. The Balaban J connectivity index is 3.08. The molecular formula is C11H21N3O3S2. The maximum absolute atomic E-state index is 12.3. The molecular weight excluding hydrogens is 286 g/mol. The van der Waals surface area contributed by atoms with Crippen LogP contribution in [0.2, 0.25) is 0 Å². The topological polar surface area (TPSA) is 105 Å². The van der Waals surface area contributed by atoms with Crippen LogP contribution in [0, 0.1) is 12.8 Å². The van der Waals surface area contributed by atoms with E-state index in [0.717, 1.165) is 0 Å². The van der Waals surface area contributed by atoms with Crippen molar-refractivity contribution in [2.75, 3.05) is 6.54 Å². The van der Waals surface area contributed by atoms with Crippen LogP contribution in [0.4, 0.5) is 0 Å². The Bertz CT molecular complexity index is 589. The molecule has 0 fully saturated rings. The summed E-state index contributed by atoms with van der Waals surface area (Å²) < 4.78 is 27.3. The summed E-state index contributed by atoms with van der Waals surface area (Å²) in [6.07, 6.45) is 0.626. The average Bonchev–Trinajstić information content (AvgIpc) is 2.56. The van der Waals surface area contributed by atoms with Gasteiger partial charge in [0.1, 0.15) is 0 Å². The Labute approximate surface area is 117 Å². The second kappa shape index (κ2) is 5.74. The Morgan fingerprint density at radius 1 is 1.47 bits per heavy atom. The van der Waals surface area contributed by atoms with E-state index < -0.39 is 15.6 Å². The molecule has 0 spiro atoms. The molecule has 0 saturated carbocycles. The minimum atomic E-state index is -3.73. The molecule has 1 rings (SSSR count). The minimum Gasteiger partial charge on any atom is -0.329 e. The number of sulfonamides is 1. The Kier molecular flexibility index (Phi) is 4.94. The molecule has 1 unspecified atom stereocenters. The lowest BCUT2D eigenvalue weighted by Gasteiger charge is -2.30. The lowest BCUT2D eigenvalue weighted by molar-refractivity contribution is 0.344. The molecule has 1 atom stereocenters. The van der Waals surface area contributed by atoms with Crippen molar-refractivity contribution < 1.29 is 8.42 Å². The fourth-order valence-electron chi connectivity index (χ4n) is 2.09. The molecule has 0 aliphatic carbocycles. The molecule has 19 heavy (non-hydrogen) atoms. The number of thiazole rings is 1. The Morgan fingerprint density at radius 2 is 2.05 bits per heavy atom. The number of hydrogen-bond donors (Lipinski definition) is 3. The lowest BCUT2D eigenvalue weighted by atomic mass is 9.92. The third-order valence-electron chi connectivity index (χ3n) is 2.72. The van der Waals surface area contributed by atoms with Crippen molar-refractivity contribution >= 4 is 21.4 Å². The molecule has 0 aliphatic rings. The summed E-state index contributed by atoms with van der Waals surface area (Å²) in [6, 6.07) is 0. The Morgan fingerprint density at radius 3 is 2.42 bits per heavy atom. The molecule has 0 aromatic carbocycles. The predicted octanol–water partition coefficient (Wildman–Crippen LogP) is 0.787. The van der Waals surface area contributed by atoms with Gasteiger partial charge in [0.25, 0.3) is 10.0 Å². The van der Waals surface area contributed by atoms with Gasteiger partial charge in [-0.2, -0.15) is 0 Å². The number of hydrogen-bond acceptors (Lipinski definition) is 5. The smallest absolute Gasteiger partial charge is 0.305 e. The first-order valence-corrected chi connectivity index (χ1v) is 8.33.